The first-order chi connectivity index (χ1) is 17.6. The fraction of sp³-hybridized carbons (Fsp3) is 0.214. The van der Waals surface area contributed by atoms with Gasteiger partial charge < -0.3 is 14.7 Å². The van der Waals surface area contributed by atoms with E-state index in [1.165, 1.54) is 17.8 Å². The lowest BCUT2D eigenvalue weighted by Crippen LogP contribution is -2.05. The molecule has 3 aromatic carbocycles. The van der Waals surface area contributed by atoms with Gasteiger partial charge in [-0.1, -0.05) is 71.9 Å². The molecule has 4 aromatic rings. The molecule has 0 radical (unpaired) electrons. The fourth-order valence-corrected chi connectivity index (χ4v) is 4.91. The number of aliphatic carboxylic acids is 1. The number of aliphatic hydroxyl groups excluding tert-OH is 1. The number of hydrogen-bond donors (Lipinski definition) is 2. The molecule has 1 aromatic heterocycles. The summed E-state index contributed by atoms with van der Waals surface area (Å²) in [5, 5.41) is 23.8. The van der Waals surface area contributed by atoms with Gasteiger partial charge in [0, 0.05) is 17.1 Å². The van der Waals surface area contributed by atoms with Gasteiger partial charge in [0.05, 0.1) is 29.3 Å². The van der Waals surface area contributed by atoms with Gasteiger partial charge in [0.15, 0.2) is 5.76 Å². The van der Waals surface area contributed by atoms with Crippen molar-refractivity contribution < 1.29 is 32.7 Å². The number of rotatable bonds is 9. The van der Waals surface area contributed by atoms with Crippen LogP contribution in [-0.4, -0.2) is 27.1 Å². The van der Waals surface area contributed by atoms with E-state index in [0.717, 1.165) is 34.4 Å². The Balaban J connectivity index is 1.44. The second-order valence-electron chi connectivity index (χ2n) is 8.58. The van der Waals surface area contributed by atoms with Crippen molar-refractivity contribution in [3.8, 4) is 22.5 Å². The first-order valence-electron chi connectivity index (χ1n) is 11.4. The Hall–Kier alpha value is -3.56. The zero-order valence-corrected chi connectivity index (χ0v) is 20.6. The lowest BCUT2D eigenvalue weighted by Gasteiger charge is -2.12. The van der Waals surface area contributed by atoms with Crippen LogP contribution >= 0.6 is 11.8 Å². The van der Waals surface area contributed by atoms with E-state index in [1.807, 2.05) is 36.4 Å². The highest BCUT2D eigenvalue weighted by atomic mass is 32.2. The van der Waals surface area contributed by atoms with Gasteiger partial charge in [-0.2, -0.15) is 24.9 Å². The van der Waals surface area contributed by atoms with Crippen LogP contribution in [0.3, 0.4) is 0 Å². The van der Waals surface area contributed by atoms with E-state index in [4.69, 9.17) is 9.63 Å². The Morgan fingerprint density at radius 1 is 0.973 bits per heavy atom. The molecule has 1 atom stereocenters. The normalized spacial score (nSPS) is 12.5. The molecule has 0 aliphatic rings. The molecule has 1 heterocycles. The van der Waals surface area contributed by atoms with Gasteiger partial charge in [-0.15, -0.1) is 0 Å². The first kappa shape index (κ1) is 26.5. The van der Waals surface area contributed by atoms with Crippen LogP contribution in [0.1, 0.15) is 34.1 Å². The fourth-order valence-electron chi connectivity index (χ4n) is 3.99. The summed E-state index contributed by atoms with van der Waals surface area (Å²) in [6.07, 6.45) is -5.35. The molecule has 0 amide bonds. The summed E-state index contributed by atoms with van der Waals surface area (Å²) in [7, 11) is 0. The Labute approximate surface area is 215 Å². The molecule has 0 aliphatic heterocycles. The molecule has 4 rings (SSSR count). The SMILES string of the molecule is Cc1noc(-c2ccc(-c3ccc(CC(=O)O)cc3)cc2)c1C(O)CSCc1cccc(C(F)(F)F)c1. The second kappa shape index (κ2) is 11.2. The number of aromatic nitrogens is 1. The van der Waals surface area contributed by atoms with Gasteiger partial charge in [0.1, 0.15) is 0 Å². The van der Waals surface area contributed by atoms with Gasteiger partial charge >= 0.3 is 12.1 Å². The number of carbonyl (C=O) groups is 1. The summed E-state index contributed by atoms with van der Waals surface area (Å²) < 4.78 is 44.4. The topological polar surface area (TPSA) is 83.6 Å². The largest absolute Gasteiger partial charge is 0.481 e. The second-order valence-corrected chi connectivity index (χ2v) is 9.61. The van der Waals surface area contributed by atoms with E-state index in [9.17, 15) is 23.1 Å². The number of carboxylic acid groups (broad SMARTS) is 1. The van der Waals surface area contributed by atoms with Crippen molar-refractivity contribution in [1.29, 1.82) is 0 Å². The Kier molecular flexibility index (Phi) is 8.04. The lowest BCUT2D eigenvalue weighted by molar-refractivity contribution is -0.138. The molecule has 37 heavy (non-hydrogen) atoms. The molecule has 0 spiro atoms. The highest BCUT2D eigenvalue weighted by Crippen LogP contribution is 2.35. The van der Waals surface area contributed by atoms with Crippen molar-refractivity contribution in [2.75, 3.05) is 5.75 Å². The summed E-state index contributed by atoms with van der Waals surface area (Å²) in [5.74, 6) is 0.131. The molecule has 5 nitrogen and oxygen atoms in total. The maximum absolute atomic E-state index is 12.9. The smallest absolute Gasteiger partial charge is 0.416 e. The molecule has 0 saturated heterocycles. The van der Waals surface area contributed by atoms with E-state index in [0.29, 0.717) is 28.3 Å². The van der Waals surface area contributed by atoms with Crippen LogP contribution in [0.4, 0.5) is 13.2 Å². The molecule has 1 unspecified atom stereocenters. The summed E-state index contributed by atoms with van der Waals surface area (Å²) >= 11 is 1.33. The summed E-state index contributed by atoms with van der Waals surface area (Å²) in [6, 6.07) is 20.0. The highest BCUT2D eigenvalue weighted by Gasteiger charge is 2.30. The Bertz CT molecular complexity index is 1370. The minimum absolute atomic E-state index is 0.0343. The van der Waals surface area contributed by atoms with Crippen molar-refractivity contribution in [3.63, 3.8) is 0 Å². The number of benzene rings is 3. The molecule has 2 N–H and O–H groups in total. The van der Waals surface area contributed by atoms with E-state index in [2.05, 4.69) is 5.16 Å². The highest BCUT2D eigenvalue weighted by molar-refractivity contribution is 7.98. The molecule has 0 fully saturated rings. The van der Waals surface area contributed by atoms with Gasteiger partial charge in [0.25, 0.3) is 0 Å². The van der Waals surface area contributed by atoms with Crippen LogP contribution in [0.2, 0.25) is 0 Å². The molecular weight excluding hydrogens is 503 g/mol. The van der Waals surface area contributed by atoms with Gasteiger partial charge in [-0.25, -0.2) is 0 Å². The maximum atomic E-state index is 12.9. The predicted octanol–water partition coefficient (Wildman–Crippen LogP) is 6.93. The van der Waals surface area contributed by atoms with E-state index in [1.54, 1.807) is 25.1 Å². The van der Waals surface area contributed by atoms with E-state index >= 15 is 0 Å². The van der Waals surface area contributed by atoms with Crippen LogP contribution in [0, 0.1) is 6.92 Å². The standard InChI is InChI=1S/C28H24F3NO4S/c1-17-26(24(33)16-37-15-19-3-2-4-23(13-19)28(29,30)31)27(36-32-17)22-11-9-21(10-12-22)20-7-5-18(6-8-20)14-25(34)35/h2-13,24,33H,14-16H2,1H3,(H,34,35). The molecular formula is C28H24F3NO4S. The van der Waals surface area contributed by atoms with E-state index < -0.39 is 23.8 Å². The number of carboxylic acids is 1. The number of alkyl halides is 3. The summed E-state index contributed by atoms with van der Waals surface area (Å²) in [5.41, 5.74) is 4.23. The van der Waals surface area contributed by atoms with Crippen LogP contribution < -0.4 is 0 Å². The number of aliphatic hydroxyl groups is 1. The van der Waals surface area contributed by atoms with Crippen molar-refractivity contribution in [1.82, 2.24) is 5.16 Å². The van der Waals surface area contributed by atoms with Crippen LogP contribution in [-0.2, 0) is 23.1 Å². The zero-order chi connectivity index (χ0) is 26.6. The predicted molar refractivity (Wildman–Crippen MR) is 136 cm³/mol. The van der Waals surface area contributed by atoms with Crippen LogP contribution in [0.5, 0.6) is 0 Å². The number of aryl methyl sites for hydroxylation is 1. The van der Waals surface area contributed by atoms with Crippen molar-refractivity contribution in [2.24, 2.45) is 0 Å². The van der Waals surface area contributed by atoms with Crippen molar-refractivity contribution in [2.45, 2.75) is 31.4 Å². The lowest BCUT2D eigenvalue weighted by atomic mass is 9.99. The molecule has 192 valence electrons. The number of thioether (sulfide) groups is 1. The Morgan fingerprint density at radius 3 is 2.22 bits per heavy atom. The molecule has 9 heteroatoms. The van der Waals surface area contributed by atoms with Crippen molar-refractivity contribution in [3.05, 3.63) is 101 Å². The zero-order valence-electron chi connectivity index (χ0n) is 19.8. The minimum atomic E-state index is -4.39. The van der Waals surface area contributed by atoms with Gasteiger partial charge in [-0.05, 0) is 35.2 Å². The third-order valence-corrected chi connectivity index (χ3v) is 6.92. The third-order valence-electron chi connectivity index (χ3n) is 5.83. The molecule has 0 bridgehead atoms. The van der Waals surface area contributed by atoms with Gasteiger partial charge in [-0.3, -0.25) is 4.79 Å². The number of hydrogen-bond acceptors (Lipinski definition) is 5. The first-order valence-corrected chi connectivity index (χ1v) is 12.6. The number of halogens is 3. The maximum Gasteiger partial charge on any atom is 0.416 e. The van der Waals surface area contributed by atoms with E-state index in [-0.39, 0.29) is 12.2 Å². The monoisotopic (exact) mass is 527 g/mol. The van der Waals surface area contributed by atoms with Crippen LogP contribution in [0.15, 0.2) is 77.3 Å². The van der Waals surface area contributed by atoms with Crippen LogP contribution in [0.25, 0.3) is 22.5 Å². The third kappa shape index (κ3) is 6.61. The van der Waals surface area contributed by atoms with Gasteiger partial charge in [0.2, 0.25) is 0 Å². The minimum Gasteiger partial charge on any atom is -0.481 e. The van der Waals surface area contributed by atoms with Crippen molar-refractivity contribution >= 4 is 17.7 Å². The molecule has 0 aliphatic carbocycles. The molecule has 0 saturated carbocycles. The number of nitrogens with zero attached hydrogens (tertiary/aromatic N) is 1. The summed E-state index contributed by atoms with van der Waals surface area (Å²) in [6.45, 7) is 1.73. The average molecular weight is 528 g/mol. The summed E-state index contributed by atoms with van der Waals surface area (Å²) in [4.78, 5) is 10.9. The Morgan fingerprint density at radius 2 is 1.59 bits per heavy atom. The average Bonchev–Trinajstić information content (AvgIpc) is 3.25. The quantitative estimate of drug-likeness (QED) is 0.246.